The highest BCUT2D eigenvalue weighted by atomic mass is 19.1. The summed E-state index contributed by atoms with van der Waals surface area (Å²) in [6, 6.07) is 21.4. The van der Waals surface area contributed by atoms with Gasteiger partial charge in [-0.3, -0.25) is 9.78 Å². The summed E-state index contributed by atoms with van der Waals surface area (Å²) in [6.45, 7) is 0.849. The highest BCUT2D eigenvalue weighted by molar-refractivity contribution is 6.04. The average molecular weight is 530 g/mol. The lowest BCUT2D eigenvalue weighted by Gasteiger charge is -2.16. The molecule has 0 saturated carbocycles. The SMILES string of the molecule is O=C(Nc1cn2nc(-c3c(-c4ccc(F)cc4)nc4n3CCCC4)ccc2n1)c1cccc(-c2cccnc2)c1. The number of amides is 1. The van der Waals surface area contributed by atoms with Crippen molar-refractivity contribution in [3.63, 3.8) is 0 Å². The Labute approximate surface area is 229 Å². The van der Waals surface area contributed by atoms with Gasteiger partial charge in [0.15, 0.2) is 11.5 Å². The standard InChI is InChI=1S/C31H24FN7O/c32-24-11-9-20(10-12-24)29-30(38-16-2-1-8-27(38)36-29)25-13-14-28-34-26(19-39(28)37-25)35-31(40)22-6-3-5-21(17-22)23-7-4-15-33-18-23/h3-7,9-15,17-19H,1-2,8,16H2,(H,35,40). The summed E-state index contributed by atoms with van der Waals surface area (Å²) in [7, 11) is 0. The van der Waals surface area contributed by atoms with Crippen LogP contribution in [0.5, 0.6) is 0 Å². The molecule has 0 unspecified atom stereocenters. The minimum atomic E-state index is -0.286. The third-order valence-corrected chi connectivity index (χ3v) is 7.12. The van der Waals surface area contributed by atoms with Crippen molar-refractivity contribution >= 4 is 17.4 Å². The topological polar surface area (TPSA) is 90.0 Å². The fraction of sp³-hybridized carbons (Fsp3) is 0.129. The van der Waals surface area contributed by atoms with E-state index in [0.29, 0.717) is 17.0 Å². The minimum Gasteiger partial charge on any atom is -0.326 e. The lowest BCUT2D eigenvalue weighted by Crippen LogP contribution is -2.12. The molecule has 40 heavy (non-hydrogen) atoms. The first kappa shape index (κ1) is 23.9. The first-order valence-corrected chi connectivity index (χ1v) is 13.2. The monoisotopic (exact) mass is 529 g/mol. The maximum Gasteiger partial charge on any atom is 0.256 e. The highest BCUT2D eigenvalue weighted by Gasteiger charge is 2.23. The second kappa shape index (κ2) is 9.85. The Morgan fingerprint density at radius 2 is 1.77 bits per heavy atom. The molecule has 5 heterocycles. The van der Waals surface area contributed by atoms with Crippen molar-refractivity contribution in [1.82, 2.24) is 29.1 Å². The largest absolute Gasteiger partial charge is 0.326 e. The number of nitrogens with zero attached hydrogens (tertiary/aromatic N) is 6. The van der Waals surface area contributed by atoms with Crippen molar-refractivity contribution in [1.29, 1.82) is 0 Å². The summed E-state index contributed by atoms with van der Waals surface area (Å²) in [5.74, 6) is 0.855. The van der Waals surface area contributed by atoms with Crippen LogP contribution in [0.3, 0.4) is 0 Å². The number of aryl methyl sites for hydroxylation is 1. The van der Waals surface area contributed by atoms with Gasteiger partial charge in [-0.1, -0.05) is 18.2 Å². The molecule has 0 bridgehead atoms. The lowest BCUT2D eigenvalue weighted by atomic mass is 10.0. The zero-order valence-electron chi connectivity index (χ0n) is 21.5. The van der Waals surface area contributed by atoms with Crippen molar-refractivity contribution in [2.45, 2.75) is 25.8 Å². The first-order chi connectivity index (χ1) is 19.6. The van der Waals surface area contributed by atoms with E-state index < -0.39 is 0 Å². The number of hydrogen-bond donors (Lipinski definition) is 1. The van der Waals surface area contributed by atoms with Crippen LogP contribution in [0, 0.1) is 5.82 Å². The molecule has 0 fully saturated rings. The van der Waals surface area contributed by atoms with Crippen LogP contribution in [-0.4, -0.2) is 35.0 Å². The quantitative estimate of drug-likeness (QED) is 0.294. The van der Waals surface area contributed by atoms with E-state index in [1.54, 1.807) is 41.3 Å². The van der Waals surface area contributed by atoms with Gasteiger partial charge in [-0.15, -0.1) is 0 Å². The number of benzene rings is 2. The predicted octanol–water partition coefficient (Wildman–Crippen LogP) is 6.05. The number of carbonyl (C=O) groups excluding carboxylic acids is 1. The van der Waals surface area contributed by atoms with Crippen LogP contribution >= 0.6 is 0 Å². The molecule has 0 aliphatic carbocycles. The summed E-state index contributed by atoms with van der Waals surface area (Å²) in [6.07, 6.45) is 8.22. The number of halogens is 1. The highest BCUT2D eigenvalue weighted by Crippen LogP contribution is 2.34. The number of carbonyl (C=O) groups is 1. The normalized spacial score (nSPS) is 12.8. The Balaban J connectivity index is 1.21. The van der Waals surface area contributed by atoms with Gasteiger partial charge in [0.05, 0.1) is 17.6 Å². The van der Waals surface area contributed by atoms with E-state index in [-0.39, 0.29) is 11.7 Å². The molecule has 6 aromatic rings. The first-order valence-electron chi connectivity index (χ1n) is 13.2. The van der Waals surface area contributed by atoms with Crippen molar-refractivity contribution < 1.29 is 9.18 Å². The molecule has 1 amide bonds. The molecule has 2 aromatic carbocycles. The predicted molar refractivity (Wildman–Crippen MR) is 150 cm³/mol. The van der Waals surface area contributed by atoms with Crippen LogP contribution in [0.25, 0.3) is 39.4 Å². The van der Waals surface area contributed by atoms with Crippen LogP contribution in [-0.2, 0) is 13.0 Å². The summed E-state index contributed by atoms with van der Waals surface area (Å²) < 4.78 is 17.5. The molecule has 8 nitrogen and oxygen atoms in total. The van der Waals surface area contributed by atoms with Crippen molar-refractivity contribution in [2.24, 2.45) is 0 Å². The summed E-state index contributed by atoms with van der Waals surface area (Å²) in [5.41, 5.74) is 6.21. The third kappa shape index (κ3) is 4.41. The number of imidazole rings is 2. The molecule has 0 atom stereocenters. The molecule has 1 aliphatic heterocycles. The van der Waals surface area contributed by atoms with E-state index in [2.05, 4.69) is 19.9 Å². The number of pyridine rings is 1. The van der Waals surface area contributed by atoms with E-state index in [1.807, 2.05) is 42.5 Å². The van der Waals surface area contributed by atoms with Gasteiger partial charge in [0.25, 0.3) is 5.91 Å². The summed E-state index contributed by atoms with van der Waals surface area (Å²) >= 11 is 0. The second-order valence-corrected chi connectivity index (χ2v) is 9.76. The van der Waals surface area contributed by atoms with Gasteiger partial charge in [0, 0.05) is 42.0 Å². The van der Waals surface area contributed by atoms with Gasteiger partial charge in [-0.05, 0) is 73.0 Å². The van der Waals surface area contributed by atoms with Gasteiger partial charge in [-0.2, -0.15) is 5.10 Å². The van der Waals surface area contributed by atoms with E-state index >= 15 is 0 Å². The number of fused-ring (bicyclic) bond motifs is 2. The molecule has 9 heteroatoms. The van der Waals surface area contributed by atoms with Crippen LogP contribution < -0.4 is 5.32 Å². The van der Waals surface area contributed by atoms with Crippen molar-refractivity contribution in [3.8, 4) is 33.8 Å². The Kier molecular flexibility index (Phi) is 5.88. The summed E-state index contributed by atoms with van der Waals surface area (Å²) in [4.78, 5) is 26.7. The van der Waals surface area contributed by atoms with E-state index in [0.717, 1.165) is 65.4 Å². The lowest BCUT2D eigenvalue weighted by molar-refractivity contribution is 0.102. The zero-order chi connectivity index (χ0) is 27.1. The van der Waals surface area contributed by atoms with Crippen LogP contribution in [0.4, 0.5) is 10.2 Å². The van der Waals surface area contributed by atoms with Gasteiger partial charge >= 0.3 is 0 Å². The molecule has 1 aliphatic rings. The van der Waals surface area contributed by atoms with Gasteiger partial charge in [-0.25, -0.2) is 18.9 Å². The van der Waals surface area contributed by atoms with E-state index in [4.69, 9.17) is 10.1 Å². The molecule has 0 radical (unpaired) electrons. The van der Waals surface area contributed by atoms with Gasteiger partial charge in [0.1, 0.15) is 17.3 Å². The van der Waals surface area contributed by atoms with Gasteiger partial charge in [0.2, 0.25) is 0 Å². The average Bonchev–Trinajstić information content (AvgIpc) is 3.58. The maximum absolute atomic E-state index is 13.6. The van der Waals surface area contributed by atoms with Gasteiger partial charge < -0.3 is 9.88 Å². The van der Waals surface area contributed by atoms with Crippen molar-refractivity contribution in [3.05, 3.63) is 109 Å². The Morgan fingerprint density at radius 1 is 0.900 bits per heavy atom. The number of anilines is 1. The van der Waals surface area contributed by atoms with Crippen LogP contribution in [0.15, 0.2) is 91.4 Å². The smallest absolute Gasteiger partial charge is 0.256 e. The van der Waals surface area contributed by atoms with Crippen LogP contribution in [0.1, 0.15) is 29.0 Å². The summed E-state index contributed by atoms with van der Waals surface area (Å²) in [5, 5.41) is 7.74. The Morgan fingerprint density at radius 3 is 2.62 bits per heavy atom. The zero-order valence-corrected chi connectivity index (χ0v) is 21.5. The molecule has 0 saturated heterocycles. The molecule has 1 N–H and O–H groups in total. The maximum atomic E-state index is 13.6. The fourth-order valence-electron chi connectivity index (χ4n) is 5.18. The number of aromatic nitrogens is 6. The minimum absolute atomic E-state index is 0.266. The molecule has 4 aromatic heterocycles. The molecular weight excluding hydrogens is 505 g/mol. The molecular formula is C31H24FN7O. The molecule has 0 spiro atoms. The van der Waals surface area contributed by atoms with E-state index in [9.17, 15) is 9.18 Å². The third-order valence-electron chi connectivity index (χ3n) is 7.12. The van der Waals surface area contributed by atoms with Crippen LogP contribution in [0.2, 0.25) is 0 Å². The molecule has 196 valence electrons. The Hall–Kier alpha value is -5.18. The molecule has 7 rings (SSSR count). The number of hydrogen-bond acceptors (Lipinski definition) is 5. The van der Waals surface area contributed by atoms with Crippen molar-refractivity contribution in [2.75, 3.05) is 5.32 Å². The van der Waals surface area contributed by atoms with E-state index in [1.165, 1.54) is 12.1 Å². The number of nitrogens with one attached hydrogen (secondary N) is 1. The second-order valence-electron chi connectivity index (χ2n) is 9.76. The Bertz CT molecular complexity index is 1860. The number of rotatable bonds is 5. The fourth-order valence-corrected chi connectivity index (χ4v) is 5.18.